The van der Waals surface area contributed by atoms with Crippen molar-refractivity contribution in [2.45, 2.75) is 58.9 Å². The SMILES string of the molecule is CC(C)(C)c1cc(-c2scc[n+]2CC=O)cc(C(C)(C)C)c1O. The molecule has 23 heavy (non-hydrogen) atoms. The third-order valence-electron chi connectivity index (χ3n) is 3.93. The molecule has 0 aliphatic carbocycles. The summed E-state index contributed by atoms with van der Waals surface area (Å²) in [4.78, 5) is 10.9. The molecule has 0 aliphatic heterocycles. The Morgan fingerprint density at radius 2 is 1.61 bits per heavy atom. The first-order valence-electron chi connectivity index (χ1n) is 7.84. The minimum atomic E-state index is -0.160. The number of aromatic hydroxyl groups is 1. The summed E-state index contributed by atoms with van der Waals surface area (Å²) in [5, 5.41) is 13.8. The summed E-state index contributed by atoms with van der Waals surface area (Å²) in [6.45, 7) is 13.0. The summed E-state index contributed by atoms with van der Waals surface area (Å²) in [5.41, 5.74) is 2.60. The van der Waals surface area contributed by atoms with Gasteiger partial charge in [-0.15, -0.1) is 0 Å². The van der Waals surface area contributed by atoms with Crippen LogP contribution >= 0.6 is 11.3 Å². The van der Waals surface area contributed by atoms with Gasteiger partial charge in [0.2, 0.25) is 6.54 Å². The number of carbonyl (C=O) groups excluding carboxylic acids is 1. The summed E-state index contributed by atoms with van der Waals surface area (Å²) in [6, 6.07) is 4.11. The Hall–Kier alpha value is -1.68. The monoisotopic (exact) mass is 332 g/mol. The minimum Gasteiger partial charge on any atom is -0.507 e. The molecule has 0 saturated heterocycles. The Balaban J connectivity index is 2.74. The van der Waals surface area contributed by atoms with Crippen LogP contribution in [0.25, 0.3) is 10.6 Å². The van der Waals surface area contributed by atoms with E-state index in [0.29, 0.717) is 12.3 Å². The smallest absolute Gasteiger partial charge is 0.269 e. The number of phenols is 1. The quantitative estimate of drug-likeness (QED) is 0.676. The first-order chi connectivity index (χ1) is 10.6. The van der Waals surface area contributed by atoms with Gasteiger partial charge in [-0.3, -0.25) is 4.79 Å². The third-order valence-corrected chi connectivity index (χ3v) is 4.88. The predicted octanol–water partition coefficient (Wildman–Crippen LogP) is 4.20. The second-order valence-electron chi connectivity index (χ2n) is 7.95. The highest BCUT2D eigenvalue weighted by Crippen LogP contribution is 2.41. The fourth-order valence-corrected chi connectivity index (χ4v) is 3.52. The molecule has 124 valence electrons. The molecule has 0 radical (unpaired) electrons. The standard InChI is InChI=1S/C19H25NO2S/c1-18(2,3)14-11-13(12-15(16(14)22)19(4,5)6)17-20(7-9-21)8-10-23-17/h8-12H,7H2,1-6H3/p+1. The van der Waals surface area contributed by atoms with Crippen LogP contribution in [-0.4, -0.2) is 11.4 Å². The lowest BCUT2D eigenvalue weighted by Gasteiger charge is -2.27. The van der Waals surface area contributed by atoms with Gasteiger partial charge in [0, 0.05) is 11.1 Å². The lowest BCUT2D eigenvalue weighted by molar-refractivity contribution is -0.667. The molecular formula is C19H26NO2S+. The molecule has 0 fully saturated rings. The fourth-order valence-electron chi connectivity index (χ4n) is 2.66. The van der Waals surface area contributed by atoms with Crippen LogP contribution in [0.4, 0.5) is 0 Å². The van der Waals surface area contributed by atoms with E-state index in [0.717, 1.165) is 28.0 Å². The Morgan fingerprint density at radius 3 is 2.04 bits per heavy atom. The fraction of sp³-hybridized carbons (Fsp3) is 0.474. The predicted molar refractivity (Wildman–Crippen MR) is 95.1 cm³/mol. The molecule has 2 aromatic rings. The molecule has 0 spiro atoms. The van der Waals surface area contributed by atoms with E-state index in [4.69, 9.17) is 0 Å². The average molecular weight is 332 g/mol. The van der Waals surface area contributed by atoms with E-state index in [-0.39, 0.29) is 10.8 Å². The Morgan fingerprint density at radius 1 is 1.09 bits per heavy atom. The molecule has 2 rings (SSSR count). The molecular weight excluding hydrogens is 306 g/mol. The van der Waals surface area contributed by atoms with Crippen molar-refractivity contribution in [2.24, 2.45) is 0 Å². The van der Waals surface area contributed by atoms with E-state index in [2.05, 4.69) is 53.7 Å². The van der Waals surface area contributed by atoms with Crippen molar-refractivity contribution >= 4 is 17.6 Å². The molecule has 1 N–H and O–H groups in total. The van der Waals surface area contributed by atoms with Crippen LogP contribution in [0.2, 0.25) is 0 Å². The molecule has 0 unspecified atom stereocenters. The number of hydrogen-bond acceptors (Lipinski definition) is 3. The largest absolute Gasteiger partial charge is 0.507 e. The Bertz CT molecular complexity index is 683. The van der Waals surface area contributed by atoms with Gasteiger partial charge in [-0.2, -0.15) is 4.57 Å². The van der Waals surface area contributed by atoms with Crippen LogP contribution < -0.4 is 4.57 Å². The van der Waals surface area contributed by atoms with Gasteiger partial charge in [0.15, 0.2) is 12.5 Å². The van der Waals surface area contributed by atoms with Crippen LogP contribution in [0.1, 0.15) is 52.7 Å². The van der Waals surface area contributed by atoms with Crippen molar-refractivity contribution in [2.75, 3.05) is 0 Å². The average Bonchev–Trinajstić information content (AvgIpc) is 2.85. The first kappa shape index (κ1) is 17.7. The minimum absolute atomic E-state index is 0.160. The van der Waals surface area contributed by atoms with Crippen molar-refractivity contribution in [3.8, 4) is 16.3 Å². The third kappa shape index (κ3) is 3.63. The van der Waals surface area contributed by atoms with Crippen LogP contribution in [0.3, 0.4) is 0 Å². The molecule has 1 aromatic heterocycles. The second kappa shape index (κ2) is 6.08. The number of hydrogen-bond donors (Lipinski definition) is 1. The van der Waals surface area contributed by atoms with E-state index in [1.165, 1.54) is 0 Å². The maximum absolute atomic E-state index is 10.9. The van der Waals surface area contributed by atoms with Gasteiger partial charge in [-0.05, 0) is 23.0 Å². The highest BCUT2D eigenvalue weighted by molar-refractivity contribution is 7.12. The van der Waals surface area contributed by atoms with Crippen molar-refractivity contribution < 1.29 is 14.5 Å². The number of thiazole rings is 1. The van der Waals surface area contributed by atoms with Gasteiger partial charge in [-0.25, -0.2) is 0 Å². The van der Waals surface area contributed by atoms with Crippen molar-refractivity contribution in [3.63, 3.8) is 0 Å². The molecule has 1 heterocycles. The van der Waals surface area contributed by atoms with Gasteiger partial charge in [0.25, 0.3) is 5.01 Å². The van der Waals surface area contributed by atoms with Crippen molar-refractivity contribution in [1.29, 1.82) is 0 Å². The van der Waals surface area contributed by atoms with Gasteiger partial charge in [0.1, 0.15) is 5.75 Å². The van der Waals surface area contributed by atoms with Crippen LogP contribution in [-0.2, 0) is 22.2 Å². The number of rotatable bonds is 3. The van der Waals surface area contributed by atoms with E-state index in [9.17, 15) is 9.90 Å². The Labute approximate surface area is 142 Å². The van der Waals surface area contributed by atoms with Crippen LogP contribution in [0.15, 0.2) is 23.7 Å². The van der Waals surface area contributed by atoms with Gasteiger partial charge in [-0.1, -0.05) is 52.9 Å². The first-order valence-corrected chi connectivity index (χ1v) is 8.72. The maximum Gasteiger partial charge on any atom is 0.269 e. The molecule has 0 atom stereocenters. The molecule has 0 saturated carbocycles. The molecule has 4 heteroatoms. The van der Waals surface area contributed by atoms with Gasteiger partial charge >= 0.3 is 0 Å². The van der Waals surface area contributed by atoms with E-state index < -0.39 is 0 Å². The summed E-state index contributed by atoms with van der Waals surface area (Å²) in [5.74, 6) is 0.382. The summed E-state index contributed by atoms with van der Waals surface area (Å²) in [6.07, 6.45) is 2.83. The topological polar surface area (TPSA) is 41.2 Å². The zero-order valence-electron chi connectivity index (χ0n) is 14.8. The van der Waals surface area contributed by atoms with Crippen LogP contribution in [0.5, 0.6) is 5.75 Å². The summed E-state index contributed by atoms with van der Waals surface area (Å²) in [7, 11) is 0. The molecule has 0 aliphatic rings. The van der Waals surface area contributed by atoms with Gasteiger partial charge in [0.05, 0.1) is 10.9 Å². The lowest BCUT2D eigenvalue weighted by Crippen LogP contribution is -2.34. The second-order valence-corrected chi connectivity index (χ2v) is 8.84. The highest BCUT2D eigenvalue weighted by atomic mass is 32.1. The zero-order chi connectivity index (χ0) is 17.4. The molecule has 0 bridgehead atoms. The maximum atomic E-state index is 10.9. The van der Waals surface area contributed by atoms with Crippen LogP contribution in [0, 0.1) is 0 Å². The van der Waals surface area contributed by atoms with Gasteiger partial charge < -0.3 is 5.11 Å². The van der Waals surface area contributed by atoms with E-state index >= 15 is 0 Å². The van der Waals surface area contributed by atoms with E-state index in [1.807, 2.05) is 16.1 Å². The van der Waals surface area contributed by atoms with E-state index in [1.54, 1.807) is 11.3 Å². The number of benzene rings is 1. The molecule has 1 aromatic carbocycles. The van der Waals surface area contributed by atoms with Crippen molar-refractivity contribution in [3.05, 3.63) is 34.8 Å². The zero-order valence-corrected chi connectivity index (χ0v) is 15.6. The summed E-state index contributed by atoms with van der Waals surface area (Å²) < 4.78 is 1.95. The highest BCUT2D eigenvalue weighted by Gasteiger charge is 2.28. The number of aromatic nitrogens is 1. The number of phenolic OH excluding ortho intramolecular Hbond substituents is 1. The van der Waals surface area contributed by atoms with Crippen molar-refractivity contribution in [1.82, 2.24) is 0 Å². The number of nitrogens with zero attached hydrogens (tertiary/aromatic N) is 1. The number of aldehydes is 1. The lowest BCUT2D eigenvalue weighted by atomic mass is 9.78. The molecule has 0 amide bonds. The Kier molecular flexibility index (Phi) is 4.67. The molecule has 3 nitrogen and oxygen atoms in total. The summed E-state index contributed by atoms with van der Waals surface area (Å²) >= 11 is 1.61. The normalized spacial score (nSPS) is 12.4. The number of carbonyl (C=O) groups is 1.